The number of hydrogen-bond donors (Lipinski definition) is 9. The summed E-state index contributed by atoms with van der Waals surface area (Å²) in [5.41, 5.74) is 6.66. The largest absolute Gasteiger partial charge is 0.481 e. The minimum absolute atomic E-state index is 0.0687. The Balaban J connectivity index is 2.89. The Labute approximate surface area is 236 Å². The minimum atomic E-state index is -1.67. The minimum Gasteiger partial charge on any atom is -0.481 e. The maximum atomic E-state index is 12.8. The molecule has 15 nitrogen and oxygen atoms in total. The van der Waals surface area contributed by atoms with Crippen molar-refractivity contribution < 1.29 is 49.2 Å². The molecule has 228 valence electrons. The highest BCUT2D eigenvalue weighted by Gasteiger charge is 2.32. The lowest BCUT2D eigenvalue weighted by Crippen LogP contribution is -2.60. The topological polar surface area (TPSA) is 257 Å². The van der Waals surface area contributed by atoms with Gasteiger partial charge >= 0.3 is 11.9 Å². The SMILES string of the molecule is CC(C)C[C@H](NC(=O)[C@H](CCC(=O)O)NC(=O)[C@H](CO)NC(=O)[C@H](CO)NC(=O)[C@@H](N)Cc1ccccc1)C(=O)O. The monoisotopic (exact) mass is 581 g/mol. The molecular formula is C26H39N5O10. The number of aliphatic hydroxyl groups is 2. The molecule has 5 atom stereocenters. The Morgan fingerprint density at radius 1 is 0.732 bits per heavy atom. The number of nitrogens with two attached hydrogens (primary N) is 1. The Hall–Kier alpha value is -4.08. The number of amides is 4. The molecule has 0 radical (unpaired) electrons. The van der Waals surface area contributed by atoms with E-state index in [2.05, 4.69) is 21.3 Å². The zero-order valence-corrected chi connectivity index (χ0v) is 22.9. The van der Waals surface area contributed by atoms with E-state index >= 15 is 0 Å². The van der Waals surface area contributed by atoms with E-state index in [-0.39, 0.29) is 18.8 Å². The zero-order valence-electron chi connectivity index (χ0n) is 22.9. The van der Waals surface area contributed by atoms with Crippen LogP contribution in [-0.4, -0.2) is 99.4 Å². The first kappa shape index (κ1) is 34.9. The third-order valence-corrected chi connectivity index (χ3v) is 5.87. The number of carboxylic acid groups (broad SMARTS) is 2. The highest BCUT2D eigenvalue weighted by Crippen LogP contribution is 2.07. The van der Waals surface area contributed by atoms with Crippen LogP contribution in [0.1, 0.15) is 38.7 Å². The van der Waals surface area contributed by atoms with Crippen LogP contribution in [0.25, 0.3) is 0 Å². The van der Waals surface area contributed by atoms with Gasteiger partial charge in [0.2, 0.25) is 23.6 Å². The summed E-state index contributed by atoms with van der Waals surface area (Å²) in [6, 6.07) is 1.73. The van der Waals surface area contributed by atoms with Gasteiger partial charge in [-0.15, -0.1) is 0 Å². The van der Waals surface area contributed by atoms with Crippen LogP contribution in [-0.2, 0) is 35.2 Å². The summed E-state index contributed by atoms with van der Waals surface area (Å²) in [6.45, 7) is 1.64. The third kappa shape index (κ3) is 12.8. The fourth-order valence-corrected chi connectivity index (χ4v) is 3.67. The van der Waals surface area contributed by atoms with Gasteiger partial charge in [-0.05, 0) is 30.7 Å². The number of carbonyl (C=O) groups is 6. The number of aliphatic hydroxyl groups excluding tert-OH is 2. The zero-order chi connectivity index (χ0) is 31.1. The van der Waals surface area contributed by atoms with Gasteiger partial charge in [0.1, 0.15) is 24.2 Å². The number of rotatable bonds is 18. The highest BCUT2D eigenvalue weighted by atomic mass is 16.4. The lowest BCUT2D eigenvalue weighted by atomic mass is 10.0. The Kier molecular flexibility index (Phi) is 15.0. The van der Waals surface area contributed by atoms with Gasteiger partial charge < -0.3 is 47.4 Å². The highest BCUT2D eigenvalue weighted by molar-refractivity contribution is 5.95. The molecular weight excluding hydrogens is 542 g/mol. The summed E-state index contributed by atoms with van der Waals surface area (Å²) in [7, 11) is 0. The first-order valence-corrected chi connectivity index (χ1v) is 13.0. The molecule has 0 unspecified atom stereocenters. The number of aliphatic carboxylic acids is 2. The van der Waals surface area contributed by atoms with Gasteiger partial charge in [-0.1, -0.05) is 44.2 Å². The fourth-order valence-electron chi connectivity index (χ4n) is 3.67. The Bertz CT molecular complexity index is 1050. The van der Waals surface area contributed by atoms with E-state index in [1.807, 2.05) is 0 Å². The van der Waals surface area contributed by atoms with Crippen molar-refractivity contribution in [3.63, 3.8) is 0 Å². The Morgan fingerprint density at radius 3 is 1.66 bits per heavy atom. The van der Waals surface area contributed by atoms with Crippen LogP contribution < -0.4 is 27.0 Å². The van der Waals surface area contributed by atoms with Crippen molar-refractivity contribution in [3.05, 3.63) is 35.9 Å². The molecule has 0 bridgehead atoms. The van der Waals surface area contributed by atoms with Gasteiger partial charge in [-0.3, -0.25) is 24.0 Å². The summed E-state index contributed by atoms with van der Waals surface area (Å²) >= 11 is 0. The predicted molar refractivity (Wildman–Crippen MR) is 144 cm³/mol. The van der Waals surface area contributed by atoms with Crippen molar-refractivity contribution in [2.45, 2.75) is 69.7 Å². The summed E-state index contributed by atoms with van der Waals surface area (Å²) in [6.07, 6.45) is -0.757. The summed E-state index contributed by atoms with van der Waals surface area (Å²) in [5.74, 6) is -6.58. The fraction of sp³-hybridized carbons (Fsp3) is 0.538. The van der Waals surface area contributed by atoms with Gasteiger partial charge in [0.25, 0.3) is 0 Å². The van der Waals surface area contributed by atoms with Crippen molar-refractivity contribution in [1.29, 1.82) is 0 Å². The van der Waals surface area contributed by atoms with Crippen molar-refractivity contribution in [2.75, 3.05) is 13.2 Å². The van der Waals surface area contributed by atoms with Gasteiger partial charge in [0.05, 0.1) is 19.3 Å². The van der Waals surface area contributed by atoms with Gasteiger partial charge in [-0.2, -0.15) is 0 Å². The van der Waals surface area contributed by atoms with E-state index in [1.165, 1.54) is 0 Å². The van der Waals surface area contributed by atoms with Crippen LogP contribution >= 0.6 is 0 Å². The van der Waals surface area contributed by atoms with Gasteiger partial charge in [0.15, 0.2) is 0 Å². The first-order valence-electron chi connectivity index (χ1n) is 13.0. The first-order chi connectivity index (χ1) is 19.3. The molecule has 0 heterocycles. The summed E-state index contributed by atoms with van der Waals surface area (Å²) < 4.78 is 0. The third-order valence-electron chi connectivity index (χ3n) is 5.87. The molecule has 0 aliphatic carbocycles. The molecule has 41 heavy (non-hydrogen) atoms. The molecule has 0 fully saturated rings. The van der Waals surface area contributed by atoms with Crippen LogP contribution in [0, 0.1) is 5.92 Å². The summed E-state index contributed by atoms with van der Waals surface area (Å²) in [5, 5.41) is 46.6. The van der Waals surface area contributed by atoms with Crippen molar-refractivity contribution in [2.24, 2.45) is 11.7 Å². The molecule has 0 saturated heterocycles. The second-order valence-electron chi connectivity index (χ2n) is 9.81. The Morgan fingerprint density at radius 2 is 1.20 bits per heavy atom. The second kappa shape index (κ2) is 17.6. The van der Waals surface area contributed by atoms with E-state index in [0.717, 1.165) is 5.56 Å². The molecule has 0 aliphatic rings. The number of benzene rings is 1. The van der Waals surface area contributed by atoms with Crippen LogP contribution in [0.15, 0.2) is 30.3 Å². The average Bonchev–Trinajstić information content (AvgIpc) is 2.91. The van der Waals surface area contributed by atoms with Crippen molar-refractivity contribution >= 4 is 35.6 Å². The molecule has 15 heteroatoms. The number of hydrogen-bond acceptors (Lipinski definition) is 9. The van der Waals surface area contributed by atoms with Gasteiger partial charge in [-0.25, -0.2) is 4.79 Å². The lowest BCUT2D eigenvalue weighted by molar-refractivity contribution is -0.143. The lowest BCUT2D eigenvalue weighted by Gasteiger charge is -2.25. The molecule has 0 saturated carbocycles. The predicted octanol–water partition coefficient (Wildman–Crippen LogP) is -2.52. The van der Waals surface area contributed by atoms with Crippen molar-refractivity contribution in [3.8, 4) is 0 Å². The van der Waals surface area contributed by atoms with Gasteiger partial charge in [0, 0.05) is 6.42 Å². The van der Waals surface area contributed by atoms with Crippen LogP contribution in [0.5, 0.6) is 0 Å². The molecule has 0 spiro atoms. The van der Waals surface area contributed by atoms with E-state index in [4.69, 9.17) is 10.8 Å². The molecule has 0 aromatic heterocycles. The second-order valence-corrected chi connectivity index (χ2v) is 9.81. The standard InChI is InChI=1S/C26H39N5O10/c1-14(2)10-18(26(40)41)29-23(37)17(8-9-21(34)35)28-24(38)20(13-33)31-25(39)19(12-32)30-22(36)16(27)11-15-6-4-3-5-7-15/h3-7,14,16-20,32-33H,8-13,27H2,1-2H3,(H,28,38)(H,29,37)(H,30,36)(H,31,39)(H,34,35)(H,40,41)/t16-,17-,18-,19-,20-/m0/s1. The molecule has 1 aromatic carbocycles. The van der Waals surface area contributed by atoms with Crippen molar-refractivity contribution in [1.82, 2.24) is 21.3 Å². The van der Waals surface area contributed by atoms with Crippen LogP contribution in [0.2, 0.25) is 0 Å². The normalized spacial score (nSPS) is 14.6. The maximum Gasteiger partial charge on any atom is 0.326 e. The molecule has 1 rings (SSSR count). The molecule has 1 aromatic rings. The van der Waals surface area contributed by atoms with E-state index < -0.39 is 91.8 Å². The maximum absolute atomic E-state index is 12.8. The van der Waals surface area contributed by atoms with E-state index in [1.54, 1.807) is 44.2 Å². The molecule has 4 amide bonds. The van der Waals surface area contributed by atoms with E-state index in [9.17, 15) is 44.1 Å². The molecule has 0 aliphatic heterocycles. The van der Waals surface area contributed by atoms with E-state index in [0.29, 0.717) is 0 Å². The number of carboxylic acids is 2. The average molecular weight is 582 g/mol. The smallest absolute Gasteiger partial charge is 0.326 e. The van der Waals surface area contributed by atoms with Crippen LogP contribution in [0.3, 0.4) is 0 Å². The summed E-state index contributed by atoms with van der Waals surface area (Å²) in [4.78, 5) is 73.3. The van der Waals surface area contributed by atoms with Crippen LogP contribution in [0.4, 0.5) is 0 Å². The number of nitrogens with one attached hydrogen (secondary N) is 4. The quantitative estimate of drug-likeness (QED) is 0.0873. The number of carbonyl (C=O) groups excluding carboxylic acids is 4. The molecule has 10 N–H and O–H groups in total.